The van der Waals surface area contributed by atoms with Crippen LogP contribution in [0.4, 0.5) is 0 Å². The van der Waals surface area contributed by atoms with Crippen molar-refractivity contribution in [2.24, 2.45) is 5.92 Å². The topological polar surface area (TPSA) is 71.1 Å². The van der Waals surface area contributed by atoms with Gasteiger partial charge >= 0.3 is 0 Å². The minimum absolute atomic E-state index is 0.000462. The van der Waals surface area contributed by atoms with Crippen LogP contribution in [-0.2, 0) is 17.6 Å². The third kappa shape index (κ3) is 3.25. The molecule has 2 aromatic rings. The number of carbonyl (C=O) groups excluding carboxylic acids is 2. The van der Waals surface area contributed by atoms with E-state index < -0.39 is 0 Å². The lowest BCUT2D eigenvalue weighted by molar-refractivity contribution is -0.123. The molecule has 1 aromatic heterocycles. The van der Waals surface area contributed by atoms with E-state index in [4.69, 9.17) is 4.98 Å². The van der Waals surface area contributed by atoms with Gasteiger partial charge in [-0.05, 0) is 30.9 Å². The smallest absolute Gasteiger partial charge is 0.252 e. The Bertz CT molecular complexity index is 784. The number of amides is 2. The largest absolute Gasteiger partial charge is 0.354 e. The van der Waals surface area contributed by atoms with E-state index >= 15 is 0 Å². The lowest BCUT2D eigenvalue weighted by Gasteiger charge is -2.13. The molecule has 5 nitrogen and oxygen atoms in total. The molecule has 1 heterocycles. The first-order chi connectivity index (χ1) is 11.6. The normalized spacial score (nSPS) is 13.1. The molecule has 0 unspecified atom stereocenters. The van der Waals surface area contributed by atoms with Gasteiger partial charge in [0.2, 0.25) is 5.91 Å². The number of pyridine rings is 1. The first kappa shape index (κ1) is 16.4. The van der Waals surface area contributed by atoms with Crippen LogP contribution in [-0.4, -0.2) is 29.9 Å². The lowest BCUT2D eigenvalue weighted by atomic mass is 10.0. The fourth-order valence-electron chi connectivity index (χ4n) is 3.12. The molecule has 5 heteroatoms. The number of hydrogen-bond acceptors (Lipinski definition) is 3. The van der Waals surface area contributed by atoms with Crippen molar-refractivity contribution in [1.29, 1.82) is 0 Å². The molecule has 0 radical (unpaired) electrons. The van der Waals surface area contributed by atoms with Gasteiger partial charge < -0.3 is 10.6 Å². The van der Waals surface area contributed by atoms with Crippen molar-refractivity contribution >= 4 is 22.7 Å². The summed E-state index contributed by atoms with van der Waals surface area (Å²) in [5, 5.41) is 6.65. The number of carbonyl (C=O) groups is 2. The molecular formula is C19H23N3O2. The standard InChI is InChI=1S/C19H23N3O2/c1-12(2)18(23)20-10-11-21-19(24)17-13-6-3-4-8-15(13)22-16-9-5-7-14(16)17/h3-4,6,8,12H,5,7,9-11H2,1-2H3,(H,20,23)(H,21,24). The fourth-order valence-corrected chi connectivity index (χ4v) is 3.12. The summed E-state index contributed by atoms with van der Waals surface area (Å²) in [5.74, 6) is -0.127. The second-order valence-electron chi connectivity index (χ2n) is 6.48. The van der Waals surface area contributed by atoms with E-state index in [9.17, 15) is 9.59 Å². The van der Waals surface area contributed by atoms with Crippen LogP contribution in [0.25, 0.3) is 10.9 Å². The number of nitrogens with one attached hydrogen (secondary N) is 2. The van der Waals surface area contributed by atoms with Crippen molar-refractivity contribution in [2.45, 2.75) is 33.1 Å². The van der Waals surface area contributed by atoms with Gasteiger partial charge in [-0.2, -0.15) is 0 Å². The Balaban J connectivity index is 1.76. The van der Waals surface area contributed by atoms with Gasteiger partial charge in [0.25, 0.3) is 5.91 Å². The zero-order valence-corrected chi connectivity index (χ0v) is 14.2. The van der Waals surface area contributed by atoms with Crippen LogP contribution in [0.5, 0.6) is 0 Å². The summed E-state index contributed by atoms with van der Waals surface area (Å²) in [4.78, 5) is 29.0. The van der Waals surface area contributed by atoms with Crippen LogP contribution in [0.15, 0.2) is 24.3 Å². The Morgan fingerprint density at radius 2 is 1.88 bits per heavy atom. The van der Waals surface area contributed by atoms with Crippen LogP contribution in [0.1, 0.15) is 41.9 Å². The quantitative estimate of drug-likeness (QED) is 0.828. The number of fused-ring (bicyclic) bond motifs is 2. The van der Waals surface area contributed by atoms with E-state index in [1.165, 1.54) is 0 Å². The summed E-state index contributed by atoms with van der Waals surface area (Å²) >= 11 is 0. The van der Waals surface area contributed by atoms with Crippen molar-refractivity contribution in [1.82, 2.24) is 15.6 Å². The van der Waals surface area contributed by atoms with Gasteiger partial charge in [-0.15, -0.1) is 0 Å². The summed E-state index contributed by atoms with van der Waals surface area (Å²) in [6, 6.07) is 7.79. The van der Waals surface area contributed by atoms with Gasteiger partial charge in [-0.25, -0.2) is 0 Å². The van der Waals surface area contributed by atoms with Crippen molar-refractivity contribution in [3.63, 3.8) is 0 Å². The number of para-hydroxylation sites is 1. The average Bonchev–Trinajstić information content (AvgIpc) is 3.03. The highest BCUT2D eigenvalue weighted by Gasteiger charge is 2.23. The van der Waals surface area contributed by atoms with E-state index in [1.54, 1.807) is 0 Å². The summed E-state index contributed by atoms with van der Waals surface area (Å²) in [6.07, 6.45) is 2.88. The number of benzene rings is 1. The van der Waals surface area contributed by atoms with E-state index in [0.29, 0.717) is 13.1 Å². The molecule has 0 aliphatic heterocycles. The molecule has 1 aliphatic carbocycles. The fraction of sp³-hybridized carbons (Fsp3) is 0.421. The zero-order chi connectivity index (χ0) is 17.1. The molecule has 2 amide bonds. The maximum absolute atomic E-state index is 12.7. The molecule has 126 valence electrons. The molecule has 0 bridgehead atoms. The summed E-state index contributed by atoms with van der Waals surface area (Å²) in [6.45, 7) is 4.55. The van der Waals surface area contributed by atoms with Crippen molar-refractivity contribution < 1.29 is 9.59 Å². The van der Waals surface area contributed by atoms with E-state index in [0.717, 1.165) is 47.0 Å². The number of aromatic nitrogens is 1. The van der Waals surface area contributed by atoms with Crippen LogP contribution < -0.4 is 10.6 Å². The van der Waals surface area contributed by atoms with Gasteiger partial charge in [0.1, 0.15) is 0 Å². The molecular weight excluding hydrogens is 302 g/mol. The minimum atomic E-state index is -0.0782. The highest BCUT2D eigenvalue weighted by Crippen LogP contribution is 2.29. The molecule has 0 spiro atoms. The van der Waals surface area contributed by atoms with Gasteiger partial charge in [0.05, 0.1) is 11.1 Å². The highest BCUT2D eigenvalue weighted by atomic mass is 16.2. The highest BCUT2D eigenvalue weighted by molar-refractivity contribution is 6.07. The summed E-state index contributed by atoms with van der Waals surface area (Å²) in [7, 11) is 0. The molecule has 3 rings (SSSR count). The van der Waals surface area contributed by atoms with Crippen LogP contribution in [0.2, 0.25) is 0 Å². The van der Waals surface area contributed by atoms with Gasteiger partial charge in [-0.1, -0.05) is 32.0 Å². The summed E-state index contributed by atoms with van der Waals surface area (Å²) < 4.78 is 0. The molecule has 0 saturated heterocycles. The lowest BCUT2D eigenvalue weighted by Crippen LogP contribution is -2.36. The van der Waals surface area contributed by atoms with E-state index in [-0.39, 0.29) is 17.7 Å². The van der Waals surface area contributed by atoms with Gasteiger partial charge in [-0.3, -0.25) is 14.6 Å². The number of hydrogen-bond donors (Lipinski definition) is 2. The zero-order valence-electron chi connectivity index (χ0n) is 14.2. The molecule has 1 aliphatic rings. The van der Waals surface area contributed by atoms with Crippen LogP contribution >= 0.6 is 0 Å². The average molecular weight is 325 g/mol. The Morgan fingerprint density at radius 1 is 1.12 bits per heavy atom. The van der Waals surface area contributed by atoms with Crippen molar-refractivity contribution in [2.75, 3.05) is 13.1 Å². The van der Waals surface area contributed by atoms with Crippen LogP contribution in [0.3, 0.4) is 0 Å². The molecule has 24 heavy (non-hydrogen) atoms. The minimum Gasteiger partial charge on any atom is -0.354 e. The van der Waals surface area contributed by atoms with E-state index in [2.05, 4.69) is 10.6 Å². The Morgan fingerprint density at radius 3 is 2.67 bits per heavy atom. The van der Waals surface area contributed by atoms with Crippen molar-refractivity contribution in [3.8, 4) is 0 Å². The van der Waals surface area contributed by atoms with Gasteiger partial charge in [0.15, 0.2) is 0 Å². The Labute approximate surface area is 141 Å². The first-order valence-electron chi connectivity index (χ1n) is 8.54. The molecule has 0 atom stereocenters. The van der Waals surface area contributed by atoms with Gasteiger partial charge in [0, 0.05) is 30.1 Å². The predicted octanol–water partition coefficient (Wildman–Crippen LogP) is 2.23. The second kappa shape index (κ2) is 6.99. The molecule has 0 saturated carbocycles. The molecule has 2 N–H and O–H groups in total. The van der Waals surface area contributed by atoms with E-state index in [1.807, 2.05) is 38.1 Å². The second-order valence-corrected chi connectivity index (χ2v) is 6.48. The Kier molecular flexibility index (Phi) is 4.79. The number of rotatable bonds is 5. The molecule has 0 fully saturated rings. The SMILES string of the molecule is CC(C)C(=O)NCCNC(=O)c1c2c(nc3ccccc13)CCC2. The Hall–Kier alpha value is -2.43. The first-order valence-corrected chi connectivity index (χ1v) is 8.54. The van der Waals surface area contributed by atoms with Crippen LogP contribution in [0, 0.1) is 5.92 Å². The summed E-state index contributed by atoms with van der Waals surface area (Å²) in [5.41, 5.74) is 3.75. The predicted molar refractivity (Wildman–Crippen MR) is 93.9 cm³/mol. The molecule has 1 aromatic carbocycles. The maximum Gasteiger partial charge on any atom is 0.252 e. The third-order valence-electron chi connectivity index (χ3n) is 4.38. The number of nitrogens with zero attached hydrogens (tertiary/aromatic N) is 1. The monoisotopic (exact) mass is 325 g/mol. The maximum atomic E-state index is 12.7. The number of aryl methyl sites for hydroxylation is 1. The third-order valence-corrected chi connectivity index (χ3v) is 4.38. The van der Waals surface area contributed by atoms with Crippen molar-refractivity contribution in [3.05, 3.63) is 41.1 Å².